The molecule has 0 spiro atoms. The zero-order valence-electron chi connectivity index (χ0n) is 8.98. The fourth-order valence-electron chi connectivity index (χ4n) is 1.26. The molecule has 0 amide bonds. The lowest BCUT2D eigenvalue weighted by Gasteiger charge is -2.07. The molecule has 88 valence electrons. The van der Waals surface area contributed by atoms with E-state index in [1.54, 1.807) is 18.3 Å². The lowest BCUT2D eigenvalue weighted by Crippen LogP contribution is -1.92. The van der Waals surface area contributed by atoms with E-state index in [4.69, 9.17) is 4.74 Å². The molecule has 1 aromatic carbocycles. The normalized spacial score (nSPS) is 10.3. The molecule has 0 unspecified atom stereocenters. The Kier molecular flexibility index (Phi) is 3.58. The number of hydrogen-bond acceptors (Lipinski definition) is 3. The van der Waals surface area contributed by atoms with Crippen molar-refractivity contribution < 1.29 is 13.5 Å². The van der Waals surface area contributed by atoms with E-state index in [2.05, 4.69) is 4.98 Å². The maximum Gasteiger partial charge on any atom is 0.201 e. The fraction of sp³-hybridized carbons (Fsp3) is 0.0833. The Labute approximate surface area is 102 Å². The maximum absolute atomic E-state index is 13.3. The van der Waals surface area contributed by atoms with Crippen molar-refractivity contribution >= 4 is 11.8 Å². The molecule has 5 heteroatoms. The highest BCUT2D eigenvalue weighted by Gasteiger charge is 2.09. The molecular formula is C12H9F2NOS. The highest BCUT2D eigenvalue weighted by atomic mass is 32.2. The summed E-state index contributed by atoms with van der Waals surface area (Å²) < 4.78 is 31.6. The smallest absolute Gasteiger partial charge is 0.201 e. The molecule has 0 N–H and O–H groups in total. The lowest BCUT2D eigenvalue weighted by molar-refractivity contribution is 0.415. The van der Waals surface area contributed by atoms with E-state index >= 15 is 0 Å². The number of rotatable bonds is 3. The Morgan fingerprint density at radius 2 is 2.06 bits per heavy atom. The minimum absolute atomic E-state index is 0.136. The first-order chi connectivity index (χ1) is 8.20. The van der Waals surface area contributed by atoms with E-state index in [1.807, 2.05) is 6.26 Å². The number of nitrogens with zero attached hydrogens (tertiary/aromatic N) is 1. The quantitative estimate of drug-likeness (QED) is 0.775. The van der Waals surface area contributed by atoms with Crippen molar-refractivity contribution in [3.05, 3.63) is 48.2 Å². The minimum atomic E-state index is -0.991. The van der Waals surface area contributed by atoms with Crippen LogP contribution in [-0.2, 0) is 0 Å². The number of halogens is 2. The highest BCUT2D eigenvalue weighted by molar-refractivity contribution is 7.98. The van der Waals surface area contributed by atoms with Crippen LogP contribution >= 0.6 is 11.8 Å². The van der Waals surface area contributed by atoms with Crippen molar-refractivity contribution in [1.29, 1.82) is 0 Å². The van der Waals surface area contributed by atoms with Crippen LogP contribution in [0.3, 0.4) is 0 Å². The van der Waals surface area contributed by atoms with Crippen molar-refractivity contribution in [2.24, 2.45) is 0 Å². The summed E-state index contributed by atoms with van der Waals surface area (Å²) in [5.41, 5.74) is 0. The number of benzene rings is 1. The van der Waals surface area contributed by atoms with Gasteiger partial charge in [-0.05, 0) is 24.5 Å². The summed E-state index contributed by atoms with van der Waals surface area (Å²) in [7, 11) is 0. The molecule has 0 aliphatic heterocycles. The van der Waals surface area contributed by atoms with Gasteiger partial charge in [0.2, 0.25) is 5.82 Å². The predicted molar refractivity (Wildman–Crippen MR) is 62.5 cm³/mol. The topological polar surface area (TPSA) is 22.1 Å². The third kappa shape index (κ3) is 2.74. The molecule has 2 rings (SSSR count). The monoisotopic (exact) mass is 253 g/mol. The Bertz CT molecular complexity index is 534. The van der Waals surface area contributed by atoms with Crippen molar-refractivity contribution in [3.8, 4) is 11.5 Å². The largest absolute Gasteiger partial charge is 0.454 e. The molecule has 0 radical (unpaired) electrons. The van der Waals surface area contributed by atoms with Gasteiger partial charge in [-0.2, -0.15) is 4.39 Å². The van der Waals surface area contributed by atoms with Gasteiger partial charge >= 0.3 is 0 Å². The summed E-state index contributed by atoms with van der Waals surface area (Å²) in [4.78, 5) is 4.05. The zero-order chi connectivity index (χ0) is 12.3. The molecular weight excluding hydrogens is 244 g/mol. The summed E-state index contributed by atoms with van der Waals surface area (Å²) in [6.07, 6.45) is 3.42. The van der Waals surface area contributed by atoms with Crippen molar-refractivity contribution in [3.63, 3.8) is 0 Å². The van der Waals surface area contributed by atoms with Crippen LogP contribution in [0.4, 0.5) is 8.78 Å². The Balaban J connectivity index is 2.28. The van der Waals surface area contributed by atoms with Gasteiger partial charge in [-0.1, -0.05) is 6.07 Å². The maximum atomic E-state index is 13.3. The van der Waals surface area contributed by atoms with Crippen molar-refractivity contribution in [2.45, 2.75) is 5.03 Å². The Hall–Kier alpha value is -1.62. The van der Waals surface area contributed by atoms with Gasteiger partial charge in [0, 0.05) is 12.3 Å². The standard InChI is InChI=1S/C12H9F2NOS/c1-17-11-7-8(5-6-15-11)16-10-4-2-3-9(13)12(10)14/h2-7H,1H3. The van der Waals surface area contributed by atoms with Crippen LogP contribution in [0.2, 0.25) is 0 Å². The highest BCUT2D eigenvalue weighted by Crippen LogP contribution is 2.27. The van der Waals surface area contributed by atoms with Crippen LogP contribution in [0.1, 0.15) is 0 Å². The first-order valence-corrected chi connectivity index (χ1v) is 6.05. The second-order valence-corrected chi connectivity index (χ2v) is 4.01. The summed E-state index contributed by atoms with van der Waals surface area (Å²) in [6, 6.07) is 7.06. The second-order valence-electron chi connectivity index (χ2n) is 3.19. The van der Waals surface area contributed by atoms with Crippen LogP contribution in [0.15, 0.2) is 41.6 Å². The van der Waals surface area contributed by atoms with Gasteiger partial charge in [-0.25, -0.2) is 9.37 Å². The van der Waals surface area contributed by atoms with E-state index in [9.17, 15) is 8.78 Å². The molecule has 0 saturated heterocycles. The number of hydrogen-bond donors (Lipinski definition) is 0. The molecule has 0 aliphatic carbocycles. The van der Waals surface area contributed by atoms with E-state index < -0.39 is 11.6 Å². The fourth-order valence-corrected chi connectivity index (χ4v) is 1.66. The SMILES string of the molecule is CSc1cc(Oc2cccc(F)c2F)ccn1. The van der Waals surface area contributed by atoms with Gasteiger partial charge in [0.25, 0.3) is 0 Å². The molecule has 0 bridgehead atoms. The van der Waals surface area contributed by atoms with Crippen molar-refractivity contribution in [1.82, 2.24) is 4.98 Å². The Morgan fingerprint density at radius 1 is 1.24 bits per heavy atom. The average molecular weight is 253 g/mol. The van der Waals surface area contributed by atoms with Gasteiger partial charge in [-0.15, -0.1) is 11.8 Å². The number of ether oxygens (including phenoxy) is 1. The van der Waals surface area contributed by atoms with Crippen LogP contribution in [0.25, 0.3) is 0 Å². The van der Waals surface area contributed by atoms with Gasteiger partial charge in [0.1, 0.15) is 5.75 Å². The van der Waals surface area contributed by atoms with Gasteiger partial charge in [-0.3, -0.25) is 0 Å². The van der Waals surface area contributed by atoms with Crippen LogP contribution in [-0.4, -0.2) is 11.2 Å². The minimum Gasteiger partial charge on any atom is -0.454 e. The number of aromatic nitrogens is 1. The first kappa shape index (κ1) is 11.9. The number of pyridine rings is 1. The Morgan fingerprint density at radius 3 is 2.82 bits per heavy atom. The summed E-state index contributed by atoms with van der Waals surface area (Å²) in [5.74, 6) is -1.63. The first-order valence-electron chi connectivity index (χ1n) is 4.82. The molecule has 0 saturated carbocycles. The number of thioether (sulfide) groups is 1. The van der Waals surface area contributed by atoms with Gasteiger partial charge in [0.15, 0.2) is 11.6 Å². The van der Waals surface area contributed by atoms with Gasteiger partial charge < -0.3 is 4.74 Å². The van der Waals surface area contributed by atoms with E-state index in [-0.39, 0.29) is 5.75 Å². The summed E-state index contributed by atoms with van der Waals surface area (Å²) in [6.45, 7) is 0. The zero-order valence-corrected chi connectivity index (χ0v) is 9.80. The molecule has 17 heavy (non-hydrogen) atoms. The molecule has 0 fully saturated rings. The van der Waals surface area contributed by atoms with E-state index in [1.165, 1.54) is 23.9 Å². The predicted octanol–water partition coefficient (Wildman–Crippen LogP) is 3.87. The lowest BCUT2D eigenvalue weighted by atomic mass is 10.3. The molecule has 0 aliphatic rings. The van der Waals surface area contributed by atoms with Gasteiger partial charge in [0.05, 0.1) is 5.03 Å². The third-order valence-electron chi connectivity index (χ3n) is 2.06. The third-order valence-corrected chi connectivity index (χ3v) is 2.70. The van der Waals surface area contributed by atoms with E-state index in [0.717, 1.165) is 11.1 Å². The molecule has 1 aromatic heterocycles. The van der Waals surface area contributed by atoms with E-state index in [0.29, 0.717) is 5.75 Å². The summed E-state index contributed by atoms with van der Waals surface area (Å²) >= 11 is 1.44. The molecule has 0 atom stereocenters. The van der Waals surface area contributed by atoms with Crippen molar-refractivity contribution in [2.75, 3.05) is 6.26 Å². The molecule has 1 heterocycles. The van der Waals surface area contributed by atoms with Crippen LogP contribution in [0.5, 0.6) is 11.5 Å². The second kappa shape index (κ2) is 5.14. The molecule has 2 nitrogen and oxygen atoms in total. The van der Waals surface area contributed by atoms with Crippen LogP contribution < -0.4 is 4.74 Å². The van der Waals surface area contributed by atoms with Crippen LogP contribution in [0, 0.1) is 11.6 Å². The average Bonchev–Trinajstić information content (AvgIpc) is 2.35. The summed E-state index contributed by atoms with van der Waals surface area (Å²) in [5, 5.41) is 0.749. The molecule has 2 aromatic rings.